The van der Waals surface area contributed by atoms with E-state index in [1.54, 1.807) is 0 Å². The second-order valence-corrected chi connectivity index (χ2v) is 5.72. The summed E-state index contributed by atoms with van der Waals surface area (Å²) in [6.07, 6.45) is 4.54. The summed E-state index contributed by atoms with van der Waals surface area (Å²) in [5, 5.41) is 6.79. The molecule has 0 unspecified atom stereocenters. The monoisotopic (exact) mass is 334 g/mol. The van der Waals surface area contributed by atoms with Crippen molar-refractivity contribution in [2.75, 3.05) is 6.54 Å². The molecule has 3 rings (SSSR count). The van der Waals surface area contributed by atoms with E-state index in [1.165, 1.54) is 6.33 Å². The maximum atomic E-state index is 12.8. The molecule has 5 nitrogen and oxygen atoms in total. The number of carbonyl (C=O) groups excluding carboxylic acids is 1. The van der Waals surface area contributed by atoms with Gasteiger partial charge in [-0.15, -0.1) is 0 Å². The van der Waals surface area contributed by atoms with Crippen LogP contribution in [0.4, 0.5) is 0 Å². The van der Waals surface area contributed by atoms with Crippen molar-refractivity contribution in [3.05, 3.63) is 46.5 Å². The van der Waals surface area contributed by atoms with E-state index >= 15 is 0 Å². The highest BCUT2D eigenvalue weighted by atomic mass is 79.9. The number of nitrogens with zero attached hydrogens (tertiary/aromatic N) is 3. The Labute approximate surface area is 125 Å². The normalized spacial score (nSPS) is 19.1. The topological polar surface area (TPSA) is 61.9 Å². The largest absolute Gasteiger partial charge is 0.328 e. The first-order valence-corrected chi connectivity index (χ1v) is 7.47. The average Bonchev–Trinajstić information content (AvgIpc) is 3.01. The highest BCUT2D eigenvalue weighted by Gasteiger charge is 2.31. The Bertz CT molecular complexity index is 599. The van der Waals surface area contributed by atoms with Crippen molar-refractivity contribution in [3.8, 4) is 0 Å². The standard InChI is InChI=1S/C14H15BrN4O/c15-11-6-2-1-5-10(11)14(20)19-8-4-3-7-12(19)13-16-9-17-18-13/h1-2,5-6,9,12H,3-4,7-8H2,(H,16,17,18)/t12-/m1/s1. The lowest BCUT2D eigenvalue weighted by Crippen LogP contribution is -2.39. The van der Waals surface area contributed by atoms with Crippen molar-refractivity contribution in [2.24, 2.45) is 0 Å². The van der Waals surface area contributed by atoms with Gasteiger partial charge in [0.1, 0.15) is 12.2 Å². The molecule has 104 valence electrons. The van der Waals surface area contributed by atoms with Crippen molar-refractivity contribution in [1.82, 2.24) is 20.1 Å². The Morgan fingerprint density at radius 1 is 1.35 bits per heavy atom. The van der Waals surface area contributed by atoms with Gasteiger partial charge in [-0.1, -0.05) is 12.1 Å². The molecule has 2 aromatic rings. The summed E-state index contributed by atoms with van der Waals surface area (Å²) in [5.41, 5.74) is 0.693. The SMILES string of the molecule is O=C(c1ccccc1Br)N1CCCC[C@@H]1c1ncn[nH]1. The van der Waals surface area contributed by atoms with E-state index in [9.17, 15) is 4.79 Å². The van der Waals surface area contributed by atoms with Crippen LogP contribution >= 0.6 is 15.9 Å². The van der Waals surface area contributed by atoms with E-state index in [-0.39, 0.29) is 11.9 Å². The minimum absolute atomic E-state index is 0.00847. The molecule has 1 amide bonds. The fourth-order valence-corrected chi connectivity index (χ4v) is 3.08. The van der Waals surface area contributed by atoms with Crippen molar-refractivity contribution in [3.63, 3.8) is 0 Å². The van der Waals surface area contributed by atoms with Gasteiger partial charge in [0.15, 0.2) is 0 Å². The fourth-order valence-electron chi connectivity index (χ4n) is 2.62. The van der Waals surface area contributed by atoms with Gasteiger partial charge in [0.25, 0.3) is 5.91 Å². The number of hydrogen-bond donors (Lipinski definition) is 1. The van der Waals surface area contributed by atoms with Gasteiger partial charge < -0.3 is 4.90 Å². The van der Waals surface area contributed by atoms with E-state index in [0.717, 1.165) is 36.1 Å². The Morgan fingerprint density at radius 3 is 2.95 bits per heavy atom. The maximum Gasteiger partial charge on any atom is 0.255 e. The molecule has 1 fully saturated rings. The Kier molecular flexibility index (Phi) is 3.82. The van der Waals surface area contributed by atoms with Crippen molar-refractivity contribution >= 4 is 21.8 Å². The van der Waals surface area contributed by atoms with E-state index in [0.29, 0.717) is 5.56 Å². The summed E-state index contributed by atoms with van der Waals surface area (Å²) in [5.74, 6) is 0.809. The van der Waals surface area contributed by atoms with Gasteiger partial charge >= 0.3 is 0 Å². The van der Waals surface area contributed by atoms with Crippen LogP contribution in [0, 0.1) is 0 Å². The van der Waals surface area contributed by atoms with Crippen LogP contribution in [0.1, 0.15) is 41.5 Å². The van der Waals surface area contributed by atoms with Crippen LogP contribution in [-0.4, -0.2) is 32.5 Å². The van der Waals surface area contributed by atoms with Gasteiger partial charge in [0.2, 0.25) is 0 Å². The molecule has 0 bridgehead atoms. The fraction of sp³-hybridized carbons (Fsp3) is 0.357. The Morgan fingerprint density at radius 2 is 2.20 bits per heavy atom. The van der Waals surface area contributed by atoms with Crippen LogP contribution in [0.3, 0.4) is 0 Å². The number of aromatic amines is 1. The summed E-state index contributed by atoms with van der Waals surface area (Å²) < 4.78 is 0.826. The number of carbonyl (C=O) groups is 1. The van der Waals surface area contributed by atoms with Gasteiger partial charge in [-0.05, 0) is 47.3 Å². The van der Waals surface area contributed by atoms with Crippen LogP contribution < -0.4 is 0 Å². The van der Waals surface area contributed by atoms with Gasteiger partial charge in [-0.25, -0.2) is 4.98 Å². The van der Waals surface area contributed by atoms with Crippen molar-refractivity contribution < 1.29 is 4.79 Å². The number of amides is 1. The van der Waals surface area contributed by atoms with Crippen LogP contribution in [0.15, 0.2) is 35.1 Å². The molecule has 0 aliphatic carbocycles. The molecule has 1 aliphatic heterocycles. The van der Waals surface area contributed by atoms with Crippen molar-refractivity contribution in [1.29, 1.82) is 0 Å². The van der Waals surface area contributed by atoms with Crippen LogP contribution in [-0.2, 0) is 0 Å². The highest BCUT2D eigenvalue weighted by molar-refractivity contribution is 9.10. The zero-order chi connectivity index (χ0) is 13.9. The lowest BCUT2D eigenvalue weighted by molar-refractivity contribution is 0.0599. The number of hydrogen-bond acceptors (Lipinski definition) is 3. The third-order valence-corrected chi connectivity index (χ3v) is 4.31. The van der Waals surface area contributed by atoms with E-state index in [4.69, 9.17) is 0 Å². The number of likely N-dealkylation sites (tertiary alicyclic amines) is 1. The Balaban J connectivity index is 1.90. The highest BCUT2D eigenvalue weighted by Crippen LogP contribution is 2.31. The molecule has 1 N–H and O–H groups in total. The summed E-state index contributed by atoms with van der Waals surface area (Å²) >= 11 is 3.45. The second kappa shape index (κ2) is 5.75. The number of halogens is 1. The first kappa shape index (κ1) is 13.3. The summed E-state index contributed by atoms with van der Waals surface area (Å²) in [6, 6.07) is 7.51. The number of piperidine rings is 1. The number of benzene rings is 1. The number of rotatable bonds is 2. The van der Waals surface area contributed by atoms with Gasteiger partial charge in [-0.3, -0.25) is 9.89 Å². The lowest BCUT2D eigenvalue weighted by Gasteiger charge is -2.34. The molecule has 0 spiro atoms. The van der Waals surface area contributed by atoms with Crippen LogP contribution in [0.5, 0.6) is 0 Å². The third-order valence-electron chi connectivity index (χ3n) is 3.62. The van der Waals surface area contributed by atoms with Crippen molar-refractivity contribution in [2.45, 2.75) is 25.3 Å². The molecule has 1 aliphatic rings. The molecule has 1 aromatic carbocycles. The molecule has 2 heterocycles. The van der Waals surface area contributed by atoms with E-state index < -0.39 is 0 Å². The number of aromatic nitrogens is 3. The maximum absolute atomic E-state index is 12.8. The molecule has 0 saturated carbocycles. The zero-order valence-electron chi connectivity index (χ0n) is 10.9. The molecule has 1 aromatic heterocycles. The molecular formula is C14H15BrN4O. The van der Waals surface area contributed by atoms with Gasteiger partial charge in [0.05, 0.1) is 11.6 Å². The average molecular weight is 335 g/mol. The Hall–Kier alpha value is -1.69. The lowest BCUT2D eigenvalue weighted by atomic mass is 10.00. The van der Waals surface area contributed by atoms with E-state index in [1.807, 2.05) is 29.2 Å². The summed E-state index contributed by atoms with van der Waals surface area (Å²) in [4.78, 5) is 18.9. The van der Waals surface area contributed by atoms with Crippen LogP contribution in [0.2, 0.25) is 0 Å². The van der Waals surface area contributed by atoms with Crippen LogP contribution in [0.25, 0.3) is 0 Å². The second-order valence-electron chi connectivity index (χ2n) is 4.86. The minimum Gasteiger partial charge on any atom is -0.328 e. The summed E-state index contributed by atoms with van der Waals surface area (Å²) in [7, 11) is 0. The minimum atomic E-state index is -0.00847. The molecule has 0 radical (unpaired) electrons. The van der Waals surface area contributed by atoms with Gasteiger partial charge in [0, 0.05) is 11.0 Å². The first-order valence-electron chi connectivity index (χ1n) is 6.68. The van der Waals surface area contributed by atoms with Gasteiger partial charge in [-0.2, -0.15) is 5.10 Å². The molecule has 1 atom stereocenters. The first-order chi connectivity index (χ1) is 9.77. The van der Waals surface area contributed by atoms with E-state index in [2.05, 4.69) is 31.1 Å². The molecule has 6 heteroatoms. The zero-order valence-corrected chi connectivity index (χ0v) is 12.5. The molecule has 20 heavy (non-hydrogen) atoms. The molecule has 1 saturated heterocycles. The quantitative estimate of drug-likeness (QED) is 0.918. The third kappa shape index (κ3) is 2.47. The molecular weight excluding hydrogens is 320 g/mol. The summed E-state index contributed by atoms with van der Waals surface area (Å²) in [6.45, 7) is 0.755. The predicted octanol–water partition coefficient (Wildman–Crippen LogP) is 2.93. The smallest absolute Gasteiger partial charge is 0.255 e. The predicted molar refractivity (Wildman–Crippen MR) is 78.2 cm³/mol. The number of H-pyrrole nitrogens is 1. The number of nitrogens with one attached hydrogen (secondary N) is 1.